The number of pyridine rings is 1. The number of aryl methyl sites for hydroxylation is 1. The van der Waals surface area contributed by atoms with Crippen LogP contribution in [0.5, 0.6) is 5.88 Å². The first kappa shape index (κ1) is 19.6. The van der Waals surface area contributed by atoms with Crippen LogP contribution in [0.25, 0.3) is 0 Å². The average Bonchev–Trinajstić information content (AvgIpc) is 3.42. The Labute approximate surface area is 167 Å². The summed E-state index contributed by atoms with van der Waals surface area (Å²) in [5.41, 5.74) is 1.15. The van der Waals surface area contributed by atoms with Crippen LogP contribution in [-0.2, 0) is 11.2 Å². The van der Waals surface area contributed by atoms with Crippen LogP contribution in [0, 0.1) is 24.7 Å². The number of piperidine rings is 1. The lowest BCUT2D eigenvalue weighted by Gasteiger charge is -2.44. The smallest absolute Gasteiger partial charge is 0.227 e. The highest BCUT2D eigenvalue weighted by Crippen LogP contribution is 2.49. The molecule has 1 aromatic rings. The van der Waals surface area contributed by atoms with Gasteiger partial charge < -0.3 is 20.1 Å². The van der Waals surface area contributed by atoms with E-state index in [9.17, 15) is 9.90 Å². The van der Waals surface area contributed by atoms with Crippen molar-refractivity contribution in [3.63, 3.8) is 0 Å². The molecular weight excluding hydrogens is 354 g/mol. The molecule has 6 nitrogen and oxygen atoms in total. The van der Waals surface area contributed by atoms with Crippen LogP contribution in [0.1, 0.15) is 43.7 Å². The summed E-state index contributed by atoms with van der Waals surface area (Å²) in [6, 6.07) is 1.99. The predicted octanol–water partition coefficient (Wildman–Crippen LogP) is 1.93. The fraction of sp³-hybridized carbons (Fsp3) is 0.727. The van der Waals surface area contributed by atoms with E-state index in [0.717, 1.165) is 41.9 Å². The summed E-state index contributed by atoms with van der Waals surface area (Å²) in [4.78, 5) is 18.4. The number of hydrogen-bond acceptors (Lipinski definition) is 5. The number of likely N-dealkylation sites (tertiary alicyclic amines) is 1. The molecule has 154 valence electrons. The van der Waals surface area contributed by atoms with Crippen LogP contribution < -0.4 is 10.1 Å². The molecule has 1 saturated carbocycles. The second-order valence-electron chi connectivity index (χ2n) is 9.27. The van der Waals surface area contributed by atoms with Gasteiger partial charge in [-0.15, -0.1) is 0 Å². The van der Waals surface area contributed by atoms with Gasteiger partial charge in [0.2, 0.25) is 11.8 Å². The fourth-order valence-electron chi connectivity index (χ4n) is 4.87. The van der Waals surface area contributed by atoms with Crippen LogP contribution in [-0.4, -0.2) is 59.3 Å². The minimum atomic E-state index is -0.726. The van der Waals surface area contributed by atoms with Crippen molar-refractivity contribution in [3.05, 3.63) is 23.4 Å². The number of rotatable bonds is 7. The molecule has 0 aromatic carbocycles. The van der Waals surface area contributed by atoms with Crippen LogP contribution >= 0.6 is 0 Å². The van der Waals surface area contributed by atoms with Crippen molar-refractivity contribution in [3.8, 4) is 5.88 Å². The first-order chi connectivity index (χ1) is 13.4. The highest BCUT2D eigenvalue weighted by Gasteiger charge is 2.42. The molecule has 3 aliphatic rings. The van der Waals surface area contributed by atoms with Crippen molar-refractivity contribution < 1.29 is 14.6 Å². The zero-order chi connectivity index (χ0) is 19.7. The zero-order valence-corrected chi connectivity index (χ0v) is 17.1. The quantitative estimate of drug-likeness (QED) is 0.748. The number of nitrogens with zero attached hydrogens (tertiary/aromatic N) is 2. The minimum Gasteiger partial charge on any atom is -0.477 e. The molecule has 1 aliphatic carbocycles. The lowest BCUT2D eigenvalue weighted by atomic mass is 9.91. The molecule has 3 fully saturated rings. The number of aromatic nitrogens is 1. The molecule has 6 heteroatoms. The van der Waals surface area contributed by atoms with Gasteiger partial charge in [0.15, 0.2) is 0 Å². The molecule has 1 amide bonds. The zero-order valence-electron chi connectivity index (χ0n) is 17.1. The van der Waals surface area contributed by atoms with Gasteiger partial charge in [-0.25, -0.2) is 4.98 Å². The Morgan fingerprint density at radius 2 is 2.14 bits per heavy atom. The van der Waals surface area contributed by atoms with Crippen molar-refractivity contribution in [2.24, 2.45) is 17.8 Å². The Morgan fingerprint density at radius 1 is 1.39 bits per heavy atom. The van der Waals surface area contributed by atoms with Crippen molar-refractivity contribution in [1.29, 1.82) is 0 Å². The highest BCUT2D eigenvalue weighted by atomic mass is 16.5. The third kappa shape index (κ3) is 4.66. The molecule has 1 aromatic heterocycles. The van der Waals surface area contributed by atoms with Gasteiger partial charge in [0.05, 0.1) is 31.7 Å². The van der Waals surface area contributed by atoms with Gasteiger partial charge in [0.1, 0.15) is 0 Å². The highest BCUT2D eigenvalue weighted by molar-refractivity contribution is 5.79. The SMILES string of the molecule is Cc1cc(CC(=O)N2CC(C)(O)C2)cnc1OCC[C@@H]1C[C@@H]1C1CCNCC1. The van der Waals surface area contributed by atoms with Crippen molar-refractivity contribution in [2.75, 3.05) is 32.8 Å². The number of hydrogen-bond donors (Lipinski definition) is 2. The van der Waals surface area contributed by atoms with Crippen LogP contribution in [0.3, 0.4) is 0 Å². The second-order valence-corrected chi connectivity index (χ2v) is 9.27. The molecule has 3 heterocycles. The monoisotopic (exact) mass is 387 g/mol. The maximum Gasteiger partial charge on any atom is 0.227 e. The molecule has 2 atom stereocenters. The largest absolute Gasteiger partial charge is 0.477 e. The minimum absolute atomic E-state index is 0.0408. The topological polar surface area (TPSA) is 74.7 Å². The number of nitrogens with one attached hydrogen (secondary N) is 1. The lowest BCUT2D eigenvalue weighted by molar-refractivity contribution is -0.151. The van der Waals surface area contributed by atoms with Gasteiger partial charge in [-0.05, 0) is 82.0 Å². The van der Waals surface area contributed by atoms with E-state index in [1.165, 1.54) is 32.4 Å². The number of carbonyl (C=O) groups is 1. The first-order valence-corrected chi connectivity index (χ1v) is 10.7. The normalized spacial score (nSPS) is 26.6. The number of β-amino-alcohol motifs (C(OH)–C–C–N with tert-alkyl or cyclic N) is 1. The molecule has 4 rings (SSSR count). The van der Waals surface area contributed by atoms with Gasteiger partial charge in [-0.1, -0.05) is 0 Å². The van der Waals surface area contributed by atoms with Gasteiger partial charge in [0.25, 0.3) is 0 Å². The number of ether oxygens (including phenoxy) is 1. The summed E-state index contributed by atoms with van der Waals surface area (Å²) in [5.74, 6) is 3.38. The molecule has 0 radical (unpaired) electrons. The van der Waals surface area contributed by atoms with E-state index in [1.807, 2.05) is 13.0 Å². The Bertz CT molecular complexity index is 707. The summed E-state index contributed by atoms with van der Waals surface area (Å²) in [7, 11) is 0. The number of amides is 1. The Morgan fingerprint density at radius 3 is 2.82 bits per heavy atom. The van der Waals surface area contributed by atoms with Gasteiger partial charge >= 0.3 is 0 Å². The van der Waals surface area contributed by atoms with E-state index in [2.05, 4.69) is 10.3 Å². The predicted molar refractivity (Wildman–Crippen MR) is 107 cm³/mol. The summed E-state index contributed by atoms with van der Waals surface area (Å²) in [5, 5.41) is 13.2. The van der Waals surface area contributed by atoms with Crippen LogP contribution in [0.4, 0.5) is 0 Å². The van der Waals surface area contributed by atoms with Crippen molar-refractivity contribution in [1.82, 2.24) is 15.2 Å². The molecule has 28 heavy (non-hydrogen) atoms. The molecule has 2 N–H and O–H groups in total. The average molecular weight is 388 g/mol. The van der Waals surface area contributed by atoms with E-state index in [-0.39, 0.29) is 5.91 Å². The molecule has 0 bridgehead atoms. The first-order valence-electron chi connectivity index (χ1n) is 10.7. The van der Waals surface area contributed by atoms with E-state index < -0.39 is 5.60 Å². The van der Waals surface area contributed by atoms with Gasteiger partial charge in [-0.3, -0.25) is 4.79 Å². The molecular formula is C22H33N3O3. The summed E-state index contributed by atoms with van der Waals surface area (Å²) in [6.07, 6.45) is 7.21. The third-order valence-electron chi connectivity index (χ3n) is 6.55. The number of carbonyl (C=O) groups excluding carboxylic acids is 1. The summed E-state index contributed by atoms with van der Waals surface area (Å²) >= 11 is 0. The van der Waals surface area contributed by atoms with Gasteiger partial charge in [0, 0.05) is 11.8 Å². The lowest BCUT2D eigenvalue weighted by Crippen LogP contribution is -2.62. The van der Waals surface area contributed by atoms with Crippen LogP contribution in [0.15, 0.2) is 12.3 Å². The van der Waals surface area contributed by atoms with Gasteiger partial charge in [-0.2, -0.15) is 0 Å². The Kier molecular flexibility index (Phi) is 5.61. The summed E-state index contributed by atoms with van der Waals surface area (Å²) in [6.45, 7) is 7.66. The summed E-state index contributed by atoms with van der Waals surface area (Å²) < 4.78 is 5.94. The van der Waals surface area contributed by atoms with Crippen LogP contribution in [0.2, 0.25) is 0 Å². The molecule has 0 unspecified atom stereocenters. The molecule has 2 aliphatic heterocycles. The third-order valence-corrected chi connectivity index (χ3v) is 6.55. The second kappa shape index (κ2) is 7.99. The Balaban J connectivity index is 1.20. The maximum absolute atomic E-state index is 12.2. The van der Waals surface area contributed by atoms with E-state index in [0.29, 0.717) is 25.4 Å². The number of aliphatic hydroxyl groups is 1. The van der Waals surface area contributed by atoms with E-state index >= 15 is 0 Å². The Hall–Kier alpha value is -1.66. The molecule has 2 saturated heterocycles. The standard InChI is InChI=1S/C22H33N3O3/c1-15-9-16(10-20(26)25-13-22(2,27)14-25)12-24-21(15)28-8-5-18-11-19(18)17-3-6-23-7-4-17/h9,12,17-19,23,27H,3-8,10-11,13-14H2,1-2H3/t18-,19-/m1/s1. The fourth-order valence-corrected chi connectivity index (χ4v) is 4.87. The molecule has 0 spiro atoms. The van der Waals surface area contributed by atoms with E-state index in [4.69, 9.17) is 4.74 Å². The van der Waals surface area contributed by atoms with Crippen molar-refractivity contribution >= 4 is 5.91 Å². The van der Waals surface area contributed by atoms with Crippen molar-refractivity contribution in [2.45, 2.75) is 51.6 Å². The van der Waals surface area contributed by atoms with E-state index in [1.54, 1.807) is 18.0 Å². The maximum atomic E-state index is 12.2.